The highest BCUT2D eigenvalue weighted by Gasteiger charge is 2.16. The van der Waals surface area contributed by atoms with Crippen molar-refractivity contribution >= 4 is 35.6 Å². The molecule has 1 saturated heterocycles. The van der Waals surface area contributed by atoms with Crippen LogP contribution in [0.5, 0.6) is 0 Å². The van der Waals surface area contributed by atoms with Crippen molar-refractivity contribution in [1.29, 1.82) is 0 Å². The highest BCUT2D eigenvalue weighted by atomic mass is 127. The molecule has 0 bridgehead atoms. The second kappa shape index (κ2) is 11.4. The van der Waals surface area contributed by atoms with Crippen molar-refractivity contribution in [3.8, 4) is 0 Å². The molecule has 1 aromatic rings. The summed E-state index contributed by atoms with van der Waals surface area (Å²) in [5.41, 5.74) is 6.85. The molecular weight excluding hydrogens is 424 g/mol. The third kappa shape index (κ3) is 7.18. The van der Waals surface area contributed by atoms with E-state index in [1.54, 1.807) is 7.11 Å². The number of nitrogens with two attached hydrogens (primary N) is 1. The van der Waals surface area contributed by atoms with Crippen molar-refractivity contribution < 1.29 is 9.13 Å². The third-order valence-corrected chi connectivity index (χ3v) is 3.87. The average Bonchev–Trinajstić information content (AvgIpc) is 2.57. The monoisotopic (exact) mass is 451 g/mol. The summed E-state index contributed by atoms with van der Waals surface area (Å²) in [5.74, 6) is 0.272. The summed E-state index contributed by atoms with van der Waals surface area (Å²) in [6.45, 7) is 6.69. The fourth-order valence-electron chi connectivity index (χ4n) is 2.53. The van der Waals surface area contributed by atoms with E-state index in [4.69, 9.17) is 10.5 Å². The molecule has 0 aliphatic carbocycles. The topological polar surface area (TPSA) is 66.1 Å². The predicted octanol–water partition coefficient (Wildman–Crippen LogP) is 1.12. The number of halogens is 2. The number of piperazine rings is 1. The molecule has 1 heterocycles. The molecule has 1 aromatic carbocycles. The van der Waals surface area contributed by atoms with E-state index in [0.29, 0.717) is 25.7 Å². The molecule has 24 heavy (non-hydrogen) atoms. The Morgan fingerprint density at radius 1 is 1.25 bits per heavy atom. The first-order valence-corrected chi connectivity index (χ1v) is 7.94. The Bertz CT molecular complexity index is 492. The summed E-state index contributed by atoms with van der Waals surface area (Å²) in [5, 5.41) is 3.00. The number of nitrogens with zero attached hydrogens (tertiary/aromatic N) is 3. The normalized spacial score (nSPS) is 15.9. The molecule has 2 rings (SSSR count). The van der Waals surface area contributed by atoms with Crippen LogP contribution >= 0.6 is 24.0 Å². The Morgan fingerprint density at radius 2 is 1.92 bits per heavy atom. The number of guanidine groups is 1. The number of methoxy groups -OCH3 is 1. The Hall–Kier alpha value is -1.13. The van der Waals surface area contributed by atoms with Gasteiger partial charge >= 0.3 is 0 Å². The molecule has 0 aromatic heterocycles. The minimum atomic E-state index is -0.193. The van der Waals surface area contributed by atoms with Gasteiger partial charge in [-0.2, -0.15) is 0 Å². The van der Waals surface area contributed by atoms with Gasteiger partial charge in [-0.15, -0.1) is 24.0 Å². The SMILES string of the molecule is COCCNC(N)=NCCN1CCN(c2ccc(F)cc2)CC1.I. The van der Waals surface area contributed by atoms with E-state index >= 15 is 0 Å². The lowest BCUT2D eigenvalue weighted by Gasteiger charge is -2.35. The summed E-state index contributed by atoms with van der Waals surface area (Å²) in [6.07, 6.45) is 0. The molecule has 0 spiro atoms. The molecular formula is C16H27FIN5O. The Labute approximate surface area is 160 Å². The molecule has 136 valence electrons. The van der Waals surface area contributed by atoms with Crippen molar-refractivity contribution in [3.05, 3.63) is 30.1 Å². The smallest absolute Gasteiger partial charge is 0.188 e. The van der Waals surface area contributed by atoms with Crippen molar-refractivity contribution in [1.82, 2.24) is 10.2 Å². The van der Waals surface area contributed by atoms with Gasteiger partial charge in [0.25, 0.3) is 0 Å². The molecule has 1 aliphatic rings. The van der Waals surface area contributed by atoms with E-state index in [1.165, 1.54) is 12.1 Å². The van der Waals surface area contributed by atoms with Crippen molar-refractivity contribution in [2.24, 2.45) is 10.7 Å². The molecule has 6 nitrogen and oxygen atoms in total. The van der Waals surface area contributed by atoms with E-state index in [0.717, 1.165) is 38.4 Å². The number of ether oxygens (including phenoxy) is 1. The molecule has 1 aliphatic heterocycles. The zero-order valence-corrected chi connectivity index (χ0v) is 16.4. The Balaban J connectivity index is 0.00000288. The van der Waals surface area contributed by atoms with Gasteiger partial charge in [-0.1, -0.05) is 0 Å². The van der Waals surface area contributed by atoms with Crippen LogP contribution < -0.4 is 16.0 Å². The molecule has 0 atom stereocenters. The van der Waals surface area contributed by atoms with E-state index in [2.05, 4.69) is 20.1 Å². The number of rotatable bonds is 7. The van der Waals surface area contributed by atoms with Crippen LogP contribution in [-0.2, 0) is 4.74 Å². The molecule has 0 saturated carbocycles. The van der Waals surface area contributed by atoms with E-state index < -0.39 is 0 Å². The van der Waals surface area contributed by atoms with Crippen LogP contribution in [-0.4, -0.2) is 70.4 Å². The quantitative estimate of drug-likeness (QED) is 0.282. The summed E-state index contributed by atoms with van der Waals surface area (Å²) in [4.78, 5) is 8.95. The van der Waals surface area contributed by atoms with Crippen molar-refractivity contribution in [2.45, 2.75) is 0 Å². The second-order valence-electron chi connectivity index (χ2n) is 5.49. The van der Waals surface area contributed by atoms with Crippen LogP contribution in [0, 0.1) is 5.82 Å². The van der Waals surface area contributed by atoms with Gasteiger partial charge < -0.3 is 20.7 Å². The predicted molar refractivity (Wildman–Crippen MR) is 107 cm³/mol. The van der Waals surface area contributed by atoms with Crippen LogP contribution in [0.1, 0.15) is 0 Å². The lowest BCUT2D eigenvalue weighted by molar-refractivity contribution is 0.204. The summed E-state index contributed by atoms with van der Waals surface area (Å²) >= 11 is 0. The lowest BCUT2D eigenvalue weighted by atomic mass is 10.2. The van der Waals surface area contributed by atoms with Gasteiger partial charge in [0.1, 0.15) is 5.82 Å². The van der Waals surface area contributed by atoms with Crippen molar-refractivity contribution in [3.63, 3.8) is 0 Å². The zero-order valence-electron chi connectivity index (χ0n) is 14.1. The van der Waals surface area contributed by atoms with Crippen LogP contribution in [0.3, 0.4) is 0 Å². The van der Waals surface area contributed by atoms with Gasteiger partial charge in [0.05, 0.1) is 13.2 Å². The largest absolute Gasteiger partial charge is 0.383 e. The number of aliphatic imine (C=N–C) groups is 1. The first-order valence-electron chi connectivity index (χ1n) is 7.94. The minimum Gasteiger partial charge on any atom is -0.383 e. The number of benzene rings is 1. The maximum absolute atomic E-state index is 13.0. The van der Waals surface area contributed by atoms with E-state index in [-0.39, 0.29) is 29.8 Å². The molecule has 3 N–H and O–H groups in total. The lowest BCUT2D eigenvalue weighted by Crippen LogP contribution is -2.47. The number of hydrogen-bond donors (Lipinski definition) is 2. The second-order valence-corrected chi connectivity index (χ2v) is 5.49. The standard InChI is InChI=1S/C16H26FN5O.HI/c1-23-13-7-20-16(18)19-6-8-21-9-11-22(12-10-21)15-4-2-14(17)3-5-15;/h2-5H,6-13H2,1H3,(H3,18,19,20);1H. The van der Waals surface area contributed by atoms with Gasteiger partial charge in [-0.25, -0.2) is 4.39 Å². The minimum absolute atomic E-state index is 0. The maximum Gasteiger partial charge on any atom is 0.188 e. The molecule has 1 fully saturated rings. The molecule has 8 heteroatoms. The van der Waals surface area contributed by atoms with Gasteiger partial charge in [0, 0.05) is 52.1 Å². The zero-order chi connectivity index (χ0) is 16.5. The van der Waals surface area contributed by atoms with Crippen LogP contribution in [0.25, 0.3) is 0 Å². The first-order chi connectivity index (χ1) is 11.2. The fraction of sp³-hybridized carbons (Fsp3) is 0.562. The molecule has 0 radical (unpaired) electrons. The number of anilines is 1. The van der Waals surface area contributed by atoms with E-state index in [9.17, 15) is 4.39 Å². The van der Waals surface area contributed by atoms with Crippen LogP contribution in [0.4, 0.5) is 10.1 Å². The van der Waals surface area contributed by atoms with Gasteiger partial charge in [-0.3, -0.25) is 9.89 Å². The van der Waals surface area contributed by atoms with Gasteiger partial charge in [0.15, 0.2) is 5.96 Å². The van der Waals surface area contributed by atoms with Crippen LogP contribution in [0.2, 0.25) is 0 Å². The highest BCUT2D eigenvalue weighted by molar-refractivity contribution is 14.0. The summed E-state index contributed by atoms with van der Waals surface area (Å²) in [7, 11) is 1.65. The summed E-state index contributed by atoms with van der Waals surface area (Å²) < 4.78 is 17.9. The first kappa shape index (κ1) is 20.9. The number of hydrogen-bond acceptors (Lipinski definition) is 4. The Kier molecular flexibility index (Phi) is 9.96. The van der Waals surface area contributed by atoms with Gasteiger partial charge in [-0.05, 0) is 24.3 Å². The van der Waals surface area contributed by atoms with Crippen molar-refractivity contribution in [2.75, 3.05) is 64.4 Å². The summed E-state index contributed by atoms with van der Waals surface area (Å²) in [6, 6.07) is 6.69. The van der Waals surface area contributed by atoms with Crippen LogP contribution in [0.15, 0.2) is 29.3 Å². The Morgan fingerprint density at radius 3 is 2.54 bits per heavy atom. The average molecular weight is 451 g/mol. The third-order valence-electron chi connectivity index (χ3n) is 3.87. The molecule has 0 unspecified atom stereocenters. The molecule has 0 amide bonds. The maximum atomic E-state index is 13.0. The van der Waals surface area contributed by atoms with E-state index in [1.807, 2.05) is 12.1 Å². The van der Waals surface area contributed by atoms with Gasteiger partial charge in [0.2, 0.25) is 0 Å². The highest BCUT2D eigenvalue weighted by Crippen LogP contribution is 2.16. The number of nitrogens with one attached hydrogen (secondary N) is 1. The fourth-order valence-corrected chi connectivity index (χ4v) is 2.53.